The highest BCUT2D eigenvalue weighted by Gasteiger charge is 2.33. The smallest absolute Gasteiger partial charge is 0.200 e. The molecule has 7 nitrogen and oxygen atoms in total. The van der Waals surface area contributed by atoms with Crippen molar-refractivity contribution in [1.82, 2.24) is 24.8 Å². The molecule has 0 amide bonds. The summed E-state index contributed by atoms with van der Waals surface area (Å²) in [5, 5.41) is 24.5. The Balaban J connectivity index is 1.45. The molecule has 3 aromatic heterocycles. The van der Waals surface area contributed by atoms with Crippen LogP contribution in [-0.2, 0) is 6.42 Å². The van der Waals surface area contributed by atoms with Gasteiger partial charge in [-0.15, -0.1) is 10.2 Å². The highest BCUT2D eigenvalue weighted by Crippen LogP contribution is 2.30. The Morgan fingerprint density at radius 2 is 2.07 bits per heavy atom. The predicted octanol–water partition coefficient (Wildman–Crippen LogP) is 2.02. The molecule has 1 N–H and O–H groups in total. The van der Waals surface area contributed by atoms with Gasteiger partial charge < -0.3 is 10.0 Å². The summed E-state index contributed by atoms with van der Waals surface area (Å²) < 4.78 is 1.70. The van der Waals surface area contributed by atoms with Crippen molar-refractivity contribution in [2.24, 2.45) is 5.92 Å². The van der Waals surface area contributed by atoms with Crippen molar-refractivity contribution in [1.29, 1.82) is 0 Å². The number of aliphatic hydroxyl groups excluding tert-OH is 1. The van der Waals surface area contributed by atoms with Gasteiger partial charge in [0, 0.05) is 30.6 Å². The van der Waals surface area contributed by atoms with Gasteiger partial charge in [-0.25, -0.2) is 0 Å². The van der Waals surface area contributed by atoms with Gasteiger partial charge in [0.15, 0.2) is 0 Å². The molecule has 7 heteroatoms. The quantitative estimate of drug-likeness (QED) is 0.602. The van der Waals surface area contributed by atoms with Crippen LogP contribution in [-0.4, -0.2) is 49.1 Å². The van der Waals surface area contributed by atoms with E-state index in [1.807, 2.05) is 37.4 Å². The zero-order chi connectivity index (χ0) is 18.4. The lowest BCUT2D eigenvalue weighted by molar-refractivity contribution is 0.148. The third-order valence-corrected chi connectivity index (χ3v) is 5.34. The van der Waals surface area contributed by atoms with Crippen LogP contribution in [0, 0.1) is 12.8 Å². The van der Waals surface area contributed by atoms with Crippen molar-refractivity contribution < 1.29 is 5.11 Å². The molecule has 5 rings (SSSR count). The second-order valence-corrected chi connectivity index (χ2v) is 7.19. The highest BCUT2D eigenvalue weighted by molar-refractivity contribution is 5.81. The van der Waals surface area contributed by atoms with Crippen LogP contribution in [0.2, 0.25) is 0 Å². The number of hydrogen-bond acceptors (Lipinski definition) is 6. The van der Waals surface area contributed by atoms with Crippen molar-refractivity contribution in [3.8, 4) is 0 Å². The lowest BCUT2D eigenvalue weighted by atomic mass is 9.94. The van der Waals surface area contributed by atoms with Gasteiger partial charge in [-0.2, -0.15) is 9.61 Å². The van der Waals surface area contributed by atoms with Crippen LogP contribution in [0.1, 0.15) is 11.3 Å². The molecule has 0 radical (unpaired) electrons. The third kappa shape index (κ3) is 2.80. The fourth-order valence-corrected chi connectivity index (χ4v) is 4.03. The van der Waals surface area contributed by atoms with Gasteiger partial charge in [-0.05, 0) is 37.1 Å². The van der Waals surface area contributed by atoms with Crippen LogP contribution < -0.4 is 4.90 Å². The van der Waals surface area contributed by atoms with Crippen molar-refractivity contribution in [3.05, 3.63) is 60.2 Å². The molecule has 4 aromatic rings. The first-order valence-corrected chi connectivity index (χ1v) is 9.12. The monoisotopic (exact) mass is 360 g/mol. The number of nitrogens with zero attached hydrogens (tertiary/aromatic N) is 6. The number of aliphatic hydroxyl groups is 1. The van der Waals surface area contributed by atoms with E-state index >= 15 is 0 Å². The van der Waals surface area contributed by atoms with Gasteiger partial charge in [0.1, 0.15) is 6.33 Å². The maximum absolute atomic E-state index is 10.7. The Morgan fingerprint density at radius 3 is 3.00 bits per heavy atom. The van der Waals surface area contributed by atoms with Crippen LogP contribution in [0.5, 0.6) is 0 Å². The molecular formula is C20H20N6O. The minimum Gasteiger partial charge on any atom is -0.391 e. The number of fused-ring (bicyclic) bond motifs is 2. The molecule has 136 valence electrons. The highest BCUT2D eigenvalue weighted by atomic mass is 16.3. The fourth-order valence-electron chi connectivity index (χ4n) is 4.03. The molecule has 1 aliphatic heterocycles. The van der Waals surface area contributed by atoms with Crippen molar-refractivity contribution in [2.75, 3.05) is 18.0 Å². The van der Waals surface area contributed by atoms with Crippen LogP contribution >= 0.6 is 0 Å². The number of anilines is 1. The van der Waals surface area contributed by atoms with E-state index in [1.165, 1.54) is 5.56 Å². The van der Waals surface area contributed by atoms with E-state index < -0.39 is 6.10 Å². The molecule has 2 atom stereocenters. The van der Waals surface area contributed by atoms with Gasteiger partial charge in [-0.1, -0.05) is 18.2 Å². The molecule has 0 saturated carbocycles. The lowest BCUT2D eigenvalue weighted by Crippen LogP contribution is -2.22. The number of hydrogen-bond donors (Lipinski definition) is 1. The molecule has 27 heavy (non-hydrogen) atoms. The first-order chi connectivity index (χ1) is 13.2. The van der Waals surface area contributed by atoms with E-state index in [-0.39, 0.29) is 5.92 Å². The van der Waals surface area contributed by atoms with E-state index in [0.717, 1.165) is 40.9 Å². The van der Waals surface area contributed by atoms with Crippen LogP contribution in [0.25, 0.3) is 16.6 Å². The number of benzene rings is 1. The normalized spacial score (nSPS) is 20.0. The van der Waals surface area contributed by atoms with Gasteiger partial charge in [0.25, 0.3) is 0 Å². The Morgan fingerprint density at radius 1 is 1.19 bits per heavy atom. The number of pyridine rings is 1. The van der Waals surface area contributed by atoms with E-state index in [0.29, 0.717) is 6.54 Å². The summed E-state index contributed by atoms with van der Waals surface area (Å²) in [6, 6.07) is 12.2. The minimum atomic E-state index is -0.395. The first kappa shape index (κ1) is 16.1. The lowest BCUT2D eigenvalue weighted by Gasteiger charge is -2.19. The summed E-state index contributed by atoms with van der Waals surface area (Å²) in [5.41, 5.74) is 4.82. The molecule has 0 spiro atoms. The molecular weight excluding hydrogens is 340 g/mol. The van der Waals surface area contributed by atoms with Gasteiger partial charge >= 0.3 is 0 Å². The summed E-state index contributed by atoms with van der Waals surface area (Å²) >= 11 is 0. The second kappa shape index (κ2) is 6.28. The van der Waals surface area contributed by atoms with Crippen LogP contribution in [0.4, 0.5) is 5.69 Å². The zero-order valence-electron chi connectivity index (χ0n) is 15.0. The molecule has 0 aliphatic carbocycles. The molecule has 1 fully saturated rings. The summed E-state index contributed by atoms with van der Waals surface area (Å²) in [5.74, 6) is 0.146. The molecule has 1 aliphatic rings. The molecule has 1 saturated heterocycles. The van der Waals surface area contributed by atoms with Crippen LogP contribution in [0.3, 0.4) is 0 Å². The first-order valence-electron chi connectivity index (χ1n) is 9.12. The summed E-state index contributed by atoms with van der Waals surface area (Å²) in [6.45, 7) is 3.31. The Bertz CT molecular complexity index is 1120. The molecule has 4 heterocycles. The molecule has 0 bridgehead atoms. The average molecular weight is 360 g/mol. The number of rotatable bonds is 3. The van der Waals surface area contributed by atoms with Crippen LogP contribution in [0.15, 0.2) is 48.9 Å². The minimum absolute atomic E-state index is 0.146. The number of aromatic nitrogens is 5. The topological polar surface area (TPSA) is 79.4 Å². The maximum atomic E-state index is 10.7. The van der Waals surface area contributed by atoms with Gasteiger partial charge in [0.2, 0.25) is 5.65 Å². The number of aryl methyl sites for hydroxylation is 1. The number of β-amino-alcohol motifs (C(OH)–C–C–N with tert-alkyl or cyclic N) is 1. The summed E-state index contributed by atoms with van der Waals surface area (Å²) in [7, 11) is 0. The van der Waals surface area contributed by atoms with E-state index in [2.05, 4.69) is 37.3 Å². The Kier molecular flexibility index (Phi) is 3.75. The van der Waals surface area contributed by atoms with Gasteiger partial charge in [0.05, 0.1) is 23.0 Å². The summed E-state index contributed by atoms with van der Waals surface area (Å²) in [6.07, 6.45) is 3.88. The average Bonchev–Trinajstić information content (AvgIpc) is 3.28. The fraction of sp³-hybridized carbons (Fsp3) is 0.300. The standard InChI is InChI=1S/C20H20N6O/c1-13-8-18(20-23-22-12-26(20)24-13)25-10-15(19(27)11-25)9-14-6-7-21-17-5-3-2-4-16(14)17/h2-8,12,15,19,27H,9-11H2,1H3/t15-,19-/m1/s1. The van der Waals surface area contributed by atoms with E-state index in [4.69, 9.17) is 0 Å². The summed E-state index contributed by atoms with van der Waals surface area (Å²) in [4.78, 5) is 6.63. The van der Waals surface area contributed by atoms with Crippen molar-refractivity contribution >= 4 is 22.2 Å². The van der Waals surface area contributed by atoms with E-state index in [1.54, 1.807) is 10.8 Å². The van der Waals surface area contributed by atoms with E-state index in [9.17, 15) is 5.11 Å². The molecule has 0 unspecified atom stereocenters. The third-order valence-electron chi connectivity index (χ3n) is 5.34. The Hall–Kier alpha value is -3.06. The van der Waals surface area contributed by atoms with Crippen molar-refractivity contribution in [3.63, 3.8) is 0 Å². The second-order valence-electron chi connectivity index (χ2n) is 7.19. The zero-order valence-corrected chi connectivity index (χ0v) is 15.0. The SMILES string of the molecule is Cc1cc(N2C[C@@H](Cc3ccnc4ccccc34)[C@H](O)C2)c2nncn2n1. The molecule has 1 aromatic carbocycles. The number of para-hydroxylation sites is 1. The van der Waals surface area contributed by atoms with Crippen molar-refractivity contribution in [2.45, 2.75) is 19.4 Å². The largest absolute Gasteiger partial charge is 0.391 e. The predicted molar refractivity (Wildman–Crippen MR) is 103 cm³/mol. The Labute approximate surface area is 156 Å². The van der Waals surface area contributed by atoms with Gasteiger partial charge in [-0.3, -0.25) is 4.98 Å². The maximum Gasteiger partial charge on any atom is 0.200 e.